The second-order valence-corrected chi connectivity index (χ2v) is 3.90. The molecule has 1 saturated heterocycles. The van der Waals surface area contributed by atoms with Crippen molar-refractivity contribution in [3.63, 3.8) is 0 Å². The second kappa shape index (κ2) is 6.15. The molecule has 1 unspecified atom stereocenters. The van der Waals surface area contributed by atoms with Gasteiger partial charge in [0, 0.05) is 19.1 Å². The number of aliphatic carboxylic acids is 1. The maximum absolute atomic E-state index is 11.7. The van der Waals surface area contributed by atoms with E-state index in [0.717, 1.165) is 19.3 Å². The molecule has 0 aromatic heterocycles. The fraction of sp³-hybridized carbons (Fsp3) is 0.636. The van der Waals surface area contributed by atoms with Crippen LogP contribution in [0.3, 0.4) is 0 Å². The van der Waals surface area contributed by atoms with Crippen molar-refractivity contribution in [1.82, 2.24) is 10.2 Å². The van der Waals surface area contributed by atoms with Gasteiger partial charge in [-0.05, 0) is 19.3 Å². The molecule has 1 aliphatic heterocycles. The maximum atomic E-state index is 11.7. The lowest BCUT2D eigenvalue weighted by molar-refractivity contribution is -0.137. The van der Waals surface area contributed by atoms with Gasteiger partial charge in [0.2, 0.25) is 0 Å². The molecule has 0 radical (unpaired) electrons. The van der Waals surface area contributed by atoms with Gasteiger partial charge in [0.1, 0.15) is 0 Å². The van der Waals surface area contributed by atoms with E-state index in [2.05, 4.69) is 11.9 Å². The van der Waals surface area contributed by atoms with E-state index in [9.17, 15) is 9.59 Å². The van der Waals surface area contributed by atoms with Crippen LogP contribution in [0.5, 0.6) is 0 Å². The van der Waals surface area contributed by atoms with E-state index >= 15 is 0 Å². The van der Waals surface area contributed by atoms with Crippen LogP contribution in [0.15, 0.2) is 12.7 Å². The molecule has 5 nitrogen and oxygen atoms in total. The number of hydrogen-bond acceptors (Lipinski definition) is 2. The number of hydrogen-bond donors (Lipinski definition) is 2. The van der Waals surface area contributed by atoms with Crippen molar-refractivity contribution >= 4 is 12.0 Å². The number of rotatable bonds is 5. The Kier molecular flexibility index (Phi) is 4.82. The number of nitrogens with zero attached hydrogens (tertiary/aromatic N) is 1. The van der Waals surface area contributed by atoms with E-state index in [0.29, 0.717) is 13.1 Å². The van der Waals surface area contributed by atoms with Crippen LogP contribution < -0.4 is 5.32 Å². The molecule has 1 aliphatic rings. The minimum atomic E-state index is -0.851. The average Bonchev–Trinajstić information content (AvgIpc) is 2.65. The fourth-order valence-electron chi connectivity index (χ4n) is 1.90. The number of carbonyl (C=O) groups excluding carboxylic acids is 1. The molecule has 1 atom stereocenters. The van der Waals surface area contributed by atoms with Gasteiger partial charge in [-0.1, -0.05) is 6.08 Å². The second-order valence-electron chi connectivity index (χ2n) is 3.90. The third-order valence-corrected chi connectivity index (χ3v) is 2.67. The Hall–Kier alpha value is -1.52. The lowest BCUT2D eigenvalue weighted by Gasteiger charge is -2.23. The van der Waals surface area contributed by atoms with Gasteiger partial charge in [0.05, 0.1) is 6.42 Å². The molecule has 16 heavy (non-hydrogen) atoms. The fourth-order valence-corrected chi connectivity index (χ4v) is 1.90. The van der Waals surface area contributed by atoms with Crippen LogP contribution in [-0.2, 0) is 4.79 Å². The Bertz CT molecular complexity index is 278. The summed E-state index contributed by atoms with van der Waals surface area (Å²) in [5.41, 5.74) is 0. The molecule has 1 fully saturated rings. The van der Waals surface area contributed by atoms with Crippen molar-refractivity contribution in [3.05, 3.63) is 12.7 Å². The summed E-state index contributed by atoms with van der Waals surface area (Å²) < 4.78 is 0. The lowest BCUT2D eigenvalue weighted by Crippen LogP contribution is -2.43. The topological polar surface area (TPSA) is 69.6 Å². The molecule has 0 aromatic carbocycles. The number of likely N-dealkylation sites (tertiary alicyclic amines) is 1. The maximum Gasteiger partial charge on any atom is 0.317 e. The Labute approximate surface area is 95.1 Å². The first kappa shape index (κ1) is 12.5. The Morgan fingerprint density at radius 2 is 2.31 bits per heavy atom. The molecular weight excluding hydrogens is 208 g/mol. The predicted molar refractivity (Wildman–Crippen MR) is 60.2 cm³/mol. The standard InChI is InChI=1S/C11H18N2O3/c1-2-3-6-12-11(16)13-7-4-5-9(13)8-10(14)15/h2,9H,1,3-8H2,(H,12,16)(H,14,15). The predicted octanol–water partition coefficient (Wildman–Crippen LogP) is 1.21. The van der Waals surface area contributed by atoms with E-state index in [1.54, 1.807) is 11.0 Å². The van der Waals surface area contributed by atoms with Crippen molar-refractivity contribution in [2.75, 3.05) is 13.1 Å². The van der Waals surface area contributed by atoms with Crippen molar-refractivity contribution in [1.29, 1.82) is 0 Å². The van der Waals surface area contributed by atoms with Gasteiger partial charge in [-0.2, -0.15) is 0 Å². The largest absolute Gasteiger partial charge is 0.481 e. The zero-order valence-electron chi connectivity index (χ0n) is 9.32. The molecular formula is C11H18N2O3. The molecule has 0 aromatic rings. The number of urea groups is 1. The summed E-state index contributed by atoms with van der Waals surface area (Å²) in [4.78, 5) is 23.9. The summed E-state index contributed by atoms with van der Waals surface area (Å²) >= 11 is 0. The molecule has 90 valence electrons. The third-order valence-electron chi connectivity index (χ3n) is 2.67. The van der Waals surface area contributed by atoms with Crippen LogP contribution in [-0.4, -0.2) is 41.1 Å². The summed E-state index contributed by atoms with van der Waals surface area (Å²) in [6.07, 6.45) is 4.16. The van der Waals surface area contributed by atoms with E-state index in [4.69, 9.17) is 5.11 Å². The number of amides is 2. The molecule has 2 amide bonds. The van der Waals surface area contributed by atoms with Crippen LogP contribution in [0.4, 0.5) is 4.79 Å². The zero-order chi connectivity index (χ0) is 12.0. The summed E-state index contributed by atoms with van der Waals surface area (Å²) in [6, 6.07) is -0.313. The van der Waals surface area contributed by atoms with Gasteiger partial charge in [-0.25, -0.2) is 4.79 Å². The average molecular weight is 226 g/mol. The smallest absolute Gasteiger partial charge is 0.317 e. The third kappa shape index (κ3) is 3.56. The van der Waals surface area contributed by atoms with Crippen molar-refractivity contribution in [2.24, 2.45) is 0 Å². The van der Waals surface area contributed by atoms with Gasteiger partial charge in [-0.15, -0.1) is 6.58 Å². The van der Waals surface area contributed by atoms with Crippen molar-refractivity contribution in [3.8, 4) is 0 Å². The van der Waals surface area contributed by atoms with E-state index in [1.165, 1.54) is 0 Å². The molecule has 0 saturated carbocycles. The van der Waals surface area contributed by atoms with Crippen LogP contribution in [0.2, 0.25) is 0 Å². The number of nitrogens with one attached hydrogen (secondary N) is 1. The first-order valence-corrected chi connectivity index (χ1v) is 5.52. The molecule has 0 bridgehead atoms. The summed E-state index contributed by atoms with van der Waals surface area (Å²) in [5.74, 6) is -0.851. The quantitative estimate of drug-likeness (QED) is 0.547. The minimum Gasteiger partial charge on any atom is -0.481 e. The highest BCUT2D eigenvalue weighted by Crippen LogP contribution is 2.19. The molecule has 2 N–H and O–H groups in total. The highest BCUT2D eigenvalue weighted by Gasteiger charge is 2.29. The monoisotopic (exact) mass is 226 g/mol. The SMILES string of the molecule is C=CCCNC(=O)N1CCCC1CC(=O)O. The van der Waals surface area contributed by atoms with Gasteiger partial charge in [-0.3, -0.25) is 4.79 Å². The summed E-state index contributed by atoms with van der Waals surface area (Å²) in [7, 11) is 0. The molecule has 0 spiro atoms. The van der Waals surface area contributed by atoms with Gasteiger partial charge in [0.25, 0.3) is 0 Å². The highest BCUT2D eigenvalue weighted by atomic mass is 16.4. The van der Waals surface area contributed by atoms with Crippen LogP contribution in [0.1, 0.15) is 25.7 Å². The van der Waals surface area contributed by atoms with E-state index in [-0.39, 0.29) is 18.5 Å². The van der Waals surface area contributed by atoms with E-state index in [1.807, 2.05) is 0 Å². The molecule has 1 heterocycles. The van der Waals surface area contributed by atoms with Gasteiger partial charge < -0.3 is 15.3 Å². The first-order chi connectivity index (χ1) is 7.65. The van der Waals surface area contributed by atoms with Crippen LogP contribution in [0, 0.1) is 0 Å². The first-order valence-electron chi connectivity index (χ1n) is 5.52. The number of carboxylic acid groups (broad SMARTS) is 1. The molecule has 5 heteroatoms. The molecule has 1 rings (SSSR count). The summed E-state index contributed by atoms with van der Waals surface area (Å²) in [6.45, 7) is 4.77. The lowest BCUT2D eigenvalue weighted by atomic mass is 10.1. The van der Waals surface area contributed by atoms with E-state index < -0.39 is 5.97 Å². The molecule has 0 aliphatic carbocycles. The normalized spacial score (nSPS) is 19.5. The zero-order valence-corrected chi connectivity index (χ0v) is 9.32. The van der Waals surface area contributed by atoms with Crippen molar-refractivity contribution < 1.29 is 14.7 Å². The Balaban J connectivity index is 2.40. The summed E-state index contributed by atoms with van der Waals surface area (Å²) in [5, 5.41) is 11.5. The van der Waals surface area contributed by atoms with Crippen LogP contribution >= 0.6 is 0 Å². The van der Waals surface area contributed by atoms with Gasteiger partial charge in [0.15, 0.2) is 0 Å². The van der Waals surface area contributed by atoms with Crippen molar-refractivity contribution in [2.45, 2.75) is 31.7 Å². The Morgan fingerprint density at radius 1 is 1.56 bits per heavy atom. The highest BCUT2D eigenvalue weighted by molar-refractivity contribution is 5.76. The number of carbonyl (C=O) groups is 2. The Morgan fingerprint density at radius 3 is 2.94 bits per heavy atom. The minimum absolute atomic E-state index is 0.0366. The van der Waals surface area contributed by atoms with Crippen LogP contribution in [0.25, 0.3) is 0 Å². The number of carboxylic acids is 1. The van der Waals surface area contributed by atoms with Gasteiger partial charge >= 0.3 is 12.0 Å².